The quantitative estimate of drug-likeness (QED) is 0.185. The fraction of sp³-hybridized carbons (Fsp3) is 0.0465. The number of hydrogen-bond acceptors (Lipinski definition) is 2. The van der Waals surface area contributed by atoms with Gasteiger partial charge in [-0.1, -0.05) is 103 Å². The van der Waals surface area contributed by atoms with E-state index < -0.39 is 0 Å². The number of benzene rings is 6. The molecule has 0 spiro atoms. The van der Waals surface area contributed by atoms with Gasteiger partial charge in [0.2, 0.25) is 5.95 Å². The van der Waals surface area contributed by atoms with Crippen molar-refractivity contribution >= 4 is 49.3 Å². The number of para-hydroxylation sites is 3. The molecule has 0 fully saturated rings. The Hall–Kier alpha value is -6.51. The van der Waals surface area contributed by atoms with E-state index in [-0.39, 0.29) is 0 Å². The van der Waals surface area contributed by atoms with Crippen LogP contribution in [-0.4, -0.2) is 19.1 Å². The highest BCUT2D eigenvalue weighted by atomic mass is 15.2. The third-order valence-electron chi connectivity index (χ3n) is 9.44. The smallest absolute Gasteiger partial charge is 0.235 e. The first-order valence-corrected chi connectivity index (χ1v) is 16.1. The van der Waals surface area contributed by atoms with Crippen LogP contribution in [0.15, 0.2) is 140 Å². The van der Waals surface area contributed by atoms with E-state index in [9.17, 15) is 0 Å². The van der Waals surface area contributed by atoms with E-state index in [1.54, 1.807) is 0 Å². The van der Waals surface area contributed by atoms with Crippen LogP contribution in [0, 0.1) is 20.4 Å². The number of hydrogen-bond donors (Lipinski definition) is 0. The molecule has 0 aliphatic carbocycles. The summed E-state index contributed by atoms with van der Waals surface area (Å²) in [5, 5.41) is 4.78. The maximum absolute atomic E-state index is 7.32. The minimum Gasteiger partial charge on any atom is -0.309 e. The predicted octanol–water partition coefficient (Wildman–Crippen LogP) is 11.2. The van der Waals surface area contributed by atoms with Crippen molar-refractivity contribution < 1.29 is 0 Å². The van der Waals surface area contributed by atoms with Crippen molar-refractivity contribution in [3.8, 4) is 33.9 Å². The second-order valence-corrected chi connectivity index (χ2v) is 12.2. The fourth-order valence-electron chi connectivity index (χ4n) is 7.39. The Morgan fingerprint density at radius 2 is 1.12 bits per heavy atom. The first kappa shape index (κ1) is 27.8. The van der Waals surface area contributed by atoms with Gasteiger partial charge >= 0.3 is 0 Å². The van der Waals surface area contributed by atoms with Gasteiger partial charge in [-0.05, 0) is 66.9 Å². The molecule has 48 heavy (non-hydrogen) atoms. The molecule has 0 atom stereocenters. The molecule has 0 aliphatic rings. The van der Waals surface area contributed by atoms with E-state index in [2.05, 4.69) is 129 Å². The molecule has 0 saturated heterocycles. The van der Waals surface area contributed by atoms with Crippen LogP contribution in [0.25, 0.3) is 82.3 Å². The average Bonchev–Trinajstić information content (AvgIpc) is 3.64. The van der Waals surface area contributed by atoms with Crippen LogP contribution < -0.4 is 0 Å². The van der Waals surface area contributed by atoms with Gasteiger partial charge < -0.3 is 4.57 Å². The van der Waals surface area contributed by atoms with Crippen molar-refractivity contribution in [2.24, 2.45) is 0 Å². The lowest BCUT2D eigenvalue weighted by molar-refractivity contribution is 0.944. The highest BCUT2D eigenvalue weighted by molar-refractivity contribution is 6.17. The van der Waals surface area contributed by atoms with Crippen LogP contribution in [-0.2, 0) is 0 Å². The fourth-order valence-corrected chi connectivity index (χ4v) is 7.39. The first-order valence-electron chi connectivity index (χ1n) is 16.1. The van der Waals surface area contributed by atoms with Crippen LogP contribution >= 0.6 is 0 Å². The van der Waals surface area contributed by atoms with E-state index in [4.69, 9.17) is 16.5 Å². The molecule has 3 aromatic heterocycles. The molecule has 9 aromatic rings. The molecule has 0 radical (unpaired) electrons. The van der Waals surface area contributed by atoms with Gasteiger partial charge in [0.15, 0.2) is 5.69 Å². The molecular formula is C43H29N5. The zero-order chi connectivity index (χ0) is 32.4. The third kappa shape index (κ3) is 4.17. The predicted molar refractivity (Wildman–Crippen MR) is 197 cm³/mol. The van der Waals surface area contributed by atoms with E-state index in [0.29, 0.717) is 11.6 Å². The lowest BCUT2D eigenvalue weighted by atomic mass is 9.98. The average molecular weight is 616 g/mol. The number of nitrogens with zero attached hydrogens (tertiary/aromatic N) is 5. The minimum absolute atomic E-state index is 0.619. The van der Waals surface area contributed by atoms with E-state index in [1.165, 1.54) is 27.4 Å². The van der Waals surface area contributed by atoms with Gasteiger partial charge in [-0.3, -0.25) is 4.57 Å². The Balaban J connectivity index is 1.28. The lowest BCUT2D eigenvalue weighted by Crippen LogP contribution is -2.06. The molecule has 0 bridgehead atoms. The first-order chi connectivity index (χ1) is 23.6. The van der Waals surface area contributed by atoms with Gasteiger partial charge in [-0.25, -0.2) is 14.8 Å². The van der Waals surface area contributed by atoms with E-state index >= 15 is 0 Å². The molecule has 3 heterocycles. The van der Waals surface area contributed by atoms with Crippen LogP contribution in [0.2, 0.25) is 0 Å². The van der Waals surface area contributed by atoms with Crippen molar-refractivity contribution in [3.05, 3.63) is 162 Å². The molecule has 226 valence electrons. The summed E-state index contributed by atoms with van der Waals surface area (Å²) in [5.74, 6) is 0.647. The number of aromatic nitrogens is 4. The summed E-state index contributed by atoms with van der Waals surface area (Å²) in [4.78, 5) is 13.8. The van der Waals surface area contributed by atoms with Gasteiger partial charge in [0.25, 0.3) is 0 Å². The van der Waals surface area contributed by atoms with Crippen LogP contribution in [0.5, 0.6) is 0 Å². The van der Waals surface area contributed by atoms with Crippen LogP contribution in [0.3, 0.4) is 0 Å². The normalized spacial score (nSPS) is 11.5. The number of fused-ring (bicyclic) bond motifs is 6. The number of rotatable bonds is 4. The molecule has 9 rings (SSSR count). The van der Waals surface area contributed by atoms with Crippen LogP contribution in [0.4, 0.5) is 5.69 Å². The number of aryl methyl sites for hydroxylation is 2. The molecule has 0 N–H and O–H groups in total. The highest BCUT2D eigenvalue weighted by Crippen LogP contribution is 2.41. The Morgan fingerprint density at radius 1 is 0.521 bits per heavy atom. The molecular weight excluding hydrogens is 587 g/mol. The molecule has 0 unspecified atom stereocenters. The summed E-state index contributed by atoms with van der Waals surface area (Å²) in [6, 6.07) is 48.8. The maximum atomic E-state index is 7.32. The van der Waals surface area contributed by atoms with Gasteiger partial charge in [-0.2, -0.15) is 0 Å². The summed E-state index contributed by atoms with van der Waals surface area (Å²) in [6.45, 7) is 11.4. The largest absolute Gasteiger partial charge is 0.309 e. The van der Waals surface area contributed by atoms with Crippen molar-refractivity contribution in [3.63, 3.8) is 0 Å². The maximum Gasteiger partial charge on any atom is 0.235 e. The second kappa shape index (κ2) is 10.8. The van der Waals surface area contributed by atoms with Gasteiger partial charge in [0.1, 0.15) is 0 Å². The van der Waals surface area contributed by atoms with Crippen LogP contribution in [0.1, 0.15) is 11.4 Å². The molecule has 0 saturated carbocycles. The van der Waals surface area contributed by atoms with Crippen molar-refractivity contribution in [2.45, 2.75) is 13.8 Å². The Labute approximate surface area is 277 Å². The lowest BCUT2D eigenvalue weighted by Gasteiger charge is -2.14. The van der Waals surface area contributed by atoms with Gasteiger partial charge in [0.05, 0.1) is 40.0 Å². The zero-order valence-electron chi connectivity index (χ0n) is 26.5. The monoisotopic (exact) mass is 615 g/mol. The van der Waals surface area contributed by atoms with Gasteiger partial charge in [-0.15, -0.1) is 0 Å². The molecule has 0 aliphatic heterocycles. The summed E-state index contributed by atoms with van der Waals surface area (Å²) < 4.78 is 4.56. The molecule has 5 heteroatoms. The van der Waals surface area contributed by atoms with E-state index in [0.717, 1.165) is 55.6 Å². The summed E-state index contributed by atoms with van der Waals surface area (Å²) in [6.07, 6.45) is 0. The van der Waals surface area contributed by atoms with Crippen molar-refractivity contribution in [1.82, 2.24) is 19.1 Å². The molecule has 5 nitrogen and oxygen atoms in total. The summed E-state index contributed by atoms with van der Waals surface area (Å²) >= 11 is 0. The molecule has 6 aromatic carbocycles. The van der Waals surface area contributed by atoms with E-state index in [1.807, 2.05) is 38.1 Å². The SMILES string of the molecule is [C-]#[N+]c1ccc(-c2c(C)nc(-n3c4ccccc4c4ccc(-c5cccc6c5c5ccccc5n6-c5ccccc5)cc43)nc2C)cc1. The standard InChI is InChI=1S/C43H29N5/c1-27-41(29-20-23-31(44-3)24-21-29)28(2)46-43(45-27)48-37-17-9-7-14-34(37)35-25-22-30(26-40(35)48)33-16-11-19-39-42(33)36-15-8-10-18-38(36)47(39)32-12-5-4-6-13-32/h4-26H,1-2H3. The third-order valence-corrected chi connectivity index (χ3v) is 9.44. The second-order valence-electron chi connectivity index (χ2n) is 12.2. The Bertz CT molecular complexity index is 2720. The summed E-state index contributed by atoms with van der Waals surface area (Å²) in [7, 11) is 0. The minimum atomic E-state index is 0.619. The van der Waals surface area contributed by atoms with Gasteiger partial charge in [0, 0.05) is 32.8 Å². The molecule has 0 amide bonds. The Morgan fingerprint density at radius 3 is 1.85 bits per heavy atom. The van der Waals surface area contributed by atoms with Crippen molar-refractivity contribution in [2.75, 3.05) is 0 Å². The summed E-state index contributed by atoms with van der Waals surface area (Å²) in [5.41, 5.74) is 12.4. The topological polar surface area (TPSA) is 40.0 Å². The zero-order valence-corrected chi connectivity index (χ0v) is 26.5. The van der Waals surface area contributed by atoms with Crippen molar-refractivity contribution in [1.29, 1.82) is 0 Å². The Kier molecular flexibility index (Phi) is 6.24. The highest BCUT2D eigenvalue weighted by Gasteiger charge is 2.20.